The minimum absolute atomic E-state index is 0.201. The fourth-order valence-corrected chi connectivity index (χ4v) is 1.05. The Bertz CT molecular complexity index is 432. The third kappa shape index (κ3) is 3.31. The van der Waals surface area contributed by atoms with Gasteiger partial charge in [0.2, 0.25) is 0 Å². The van der Waals surface area contributed by atoms with Crippen LogP contribution in [0.5, 0.6) is 0 Å². The SMILES string of the molecule is C#Cc1cccc(CNC(=O)C(F)(F)F)c1. The Morgan fingerprint density at radius 2 is 2.12 bits per heavy atom. The highest BCUT2D eigenvalue weighted by Gasteiger charge is 2.38. The van der Waals surface area contributed by atoms with Gasteiger partial charge in [-0.1, -0.05) is 18.1 Å². The number of alkyl halides is 3. The van der Waals surface area contributed by atoms with Crippen molar-refractivity contribution in [3.8, 4) is 12.3 Å². The standard InChI is InChI=1S/C11H8F3NO/c1-2-8-4-3-5-9(6-8)7-15-10(16)11(12,13)14/h1,3-6H,7H2,(H,15,16). The molecule has 0 unspecified atom stereocenters. The minimum Gasteiger partial charge on any atom is -0.344 e. The van der Waals surface area contributed by atoms with Crippen LogP contribution < -0.4 is 5.32 Å². The van der Waals surface area contributed by atoms with Gasteiger partial charge in [-0.25, -0.2) is 0 Å². The van der Waals surface area contributed by atoms with Gasteiger partial charge in [-0.15, -0.1) is 6.42 Å². The van der Waals surface area contributed by atoms with Gasteiger partial charge >= 0.3 is 12.1 Å². The van der Waals surface area contributed by atoms with Gasteiger partial charge < -0.3 is 5.32 Å². The molecule has 0 saturated carbocycles. The van der Waals surface area contributed by atoms with Crippen LogP contribution in [0, 0.1) is 12.3 Å². The number of terminal acetylenes is 1. The van der Waals surface area contributed by atoms with Crippen molar-refractivity contribution in [3.05, 3.63) is 35.4 Å². The van der Waals surface area contributed by atoms with Crippen molar-refractivity contribution in [2.45, 2.75) is 12.7 Å². The van der Waals surface area contributed by atoms with Crippen molar-refractivity contribution in [1.82, 2.24) is 5.32 Å². The van der Waals surface area contributed by atoms with Gasteiger partial charge in [-0.3, -0.25) is 4.79 Å². The first-order valence-corrected chi connectivity index (χ1v) is 4.34. The number of rotatable bonds is 2. The summed E-state index contributed by atoms with van der Waals surface area (Å²) in [5.74, 6) is 0.391. The van der Waals surface area contributed by atoms with Crippen LogP contribution in [0.3, 0.4) is 0 Å². The average molecular weight is 227 g/mol. The molecule has 0 heterocycles. The molecule has 0 fully saturated rings. The summed E-state index contributed by atoms with van der Waals surface area (Å²) < 4.78 is 35.6. The van der Waals surface area contributed by atoms with Crippen LogP contribution in [-0.4, -0.2) is 12.1 Å². The zero-order chi connectivity index (χ0) is 12.2. The van der Waals surface area contributed by atoms with Crippen molar-refractivity contribution in [1.29, 1.82) is 0 Å². The Morgan fingerprint density at radius 1 is 1.44 bits per heavy atom. The molecule has 1 aromatic carbocycles. The molecule has 2 nitrogen and oxygen atoms in total. The van der Waals surface area contributed by atoms with Gasteiger partial charge in [-0.2, -0.15) is 13.2 Å². The Hall–Kier alpha value is -1.96. The minimum atomic E-state index is -4.86. The van der Waals surface area contributed by atoms with E-state index < -0.39 is 12.1 Å². The second kappa shape index (κ2) is 4.71. The fourth-order valence-electron chi connectivity index (χ4n) is 1.05. The molecule has 0 atom stereocenters. The van der Waals surface area contributed by atoms with Crippen molar-refractivity contribution in [2.24, 2.45) is 0 Å². The van der Waals surface area contributed by atoms with Gasteiger partial charge in [0.25, 0.3) is 0 Å². The number of hydrogen-bond acceptors (Lipinski definition) is 1. The second-order valence-electron chi connectivity index (χ2n) is 3.03. The average Bonchev–Trinajstić information content (AvgIpc) is 2.25. The number of benzene rings is 1. The molecule has 0 aromatic heterocycles. The zero-order valence-electron chi connectivity index (χ0n) is 8.14. The first-order chi connectivity index (χ1) is 7.43. The van der Waals surface area contributed by atoms with E-state index in [1.54, 1.807) is 23.5 Å². The summed E-state index contributed by atoms with van der Waals surface area (Å²) in [5, 5.41) is 1.76. The highest BCUT2D eigenvalue weighted by atomic mass is 19.4. The molecule has 0 radical (unpaired) electrons. The van der Waals surface area contributed by atoms with Gasteiger partial charge in [0, 0.05) is 12.1 Å². The molecule has 1 N–H and O–H groups in total. The molecule has 1 aromatic rings. The van der Waals surface area contributed by atoms with Crippen molar-refractivity contribution in [2.75, 3.05) is 0 Å². The topological polar surface area (TPSA) is 29.1 Å². The predicted molar refractivity (Wildman–Crippen MR) is 52.3 cm³/mol. The summed E-state index contributed by atoms with van der Waals surface area (Å²) in [7, 11) is 0. The summed E-state index contributed by atoms with van der Waals surface area (Å²) in [5.41, 5.74) is 1.08. The summed E-state index contributed by atoms with van der Waals surface area (Å²) >= 11 is 0. The van der Waals surface area contributed by atoms with Crippen LogP contribution in [0.25, 0.3) is 0 Å². The van der Waals surface area contributed by atoms with Gasteiger partial charge in [0.15, 0.2) is 0 Å². The molecule has 0 saturated heterocycles. The first-order valence-electron chi connectivity index (χ1n) is 4.34. The van der Waals surface area contributed by atoms with E-state index in [2.05, 4.69) is 5.92 Å². The van der Waals surface area contributed by atoms with E-state index >= 15 is 0 Å². The Balaban J connectivity index is 2.62. The molecule has 0 bridgehead atoms. The predicted octanol–water partition coefficient (Wildman–Crippen LogP) is 1.85. The molecule has 0 aliphatic carbocycles. The maximum atomic E-state index is 11.9. The third-order valence-electron chi connectivity index (χ3n) is 1.80. The van der Waals surface area contributed by atoms with Crippen LogP contribution in [0.15, 0.2) is 24.3 Å². The van der Waals surface area contributed by atoms with Crippen LogP contribution in [0.4, 0.5) is 13.2 Å². The van der Waals surface area contributed by atoms with E-state index in [1.807, 2.05) is 0 Å². The Kier molecular flexibility index (Phi) is 3.56. The number of amides is 1. The molecule has 0 spiro atoms. The summed E-state index contributed by atoms with van der Waals surface area (Å²) in [6.45, 7) is -0.201. The molecule has 0 aliphatic heterocycles. The van der Waals surface area contributed by atoms with Crippen LogP contribution >= 0.6 is 0 Å². The fraction of sp³-hybridized carbons (Fsp3) is 0.182. The maximum Gasteiger partial charge on any atom is 0.471 e. The lowest BCUT2D eigenvalue weighted by Crippen LogP contribution is -2.36. The van der Waals surface area contributed by atoms with Crippen molar-refractivity contribution < 1.29 is 18.0 Å². The lowest BCUT2D eigenvalue weighted by Gasteiger charge is -2.07. The van der Waals surface area contributed by atoms with E-state index in [-0.39, 0.29) is 6.54 Å². The molecule has 1 rings (SSSR count). The largest absolute Gasteiger partial charge is 0.471 e. The van der Waals surface area contributed by atoms with Crippen LogP contribution in [-0.2, 0) is 11.3 Å². The number of carbonyl (C=O) groups excluding carboxylic acids is 1. The van der Waals surface area contributed by atoms with Crippen LogP contribution in [0.2, 0.25) is 0 Å². The lowest BCUT2D eigenvalue weighted by molar-refractivity contribution is -0.173. The van der Waals surface area contributed by atoms with Gasteiger partial charge in [-0.05, 0) is 17.7 Å². The summed E-state index contributed by atoms with van der Waals surface area (Å²) in [6.07, 6.45) is 0.269. The van der Waals surface area contributed by atoms with Crippen molar-refractivity contribution in [3.63, 3.8) is 0 Å². The molecule has 1 amide bonds. The Labute approximate surface area is 90.5 Å². The van der Waals surface area contributed by atoms with E-state index in [9.17, 15) is 18.0 Å². The first kappa shape index (κ1) is 12.1. The number of halogens is 3. The lowest BCUT2D eigenvalue weighted by atomic mass is 10.1. The second-order valence-corrected chi connectivity index (χ2v) is 3.03. The summed E-state index contributed by atoms with van der Waals surface area (Å²) in [4.78, 5) is 10.5. The molecular formula is C11H8F3NO. The van der Waals surface area contributed by atoms with E-state index in [0.717, 1.165) is 0 Å². The molecular weight excluding hydrogens is 219 g/mol. The van der Waals surface area contributed by atoms with Crippen molar-refractivity contribution >= 4 is 5.91 Å². The number of nitrogens with one attached hydrogen (secondary N) is 1. The van der Waals surface area contributed by atoms with E-state index in [4.69, 9.17) is 6.42 Å². The Morgan fingerprint density at radius 3 is 2.69 bits per heavy atom. The van der Waals surface area contributed by atoms with E-state index in [0.29, 0.717) is 11.1 Å². The van der Waals surface area contributed by atoms with Crippen LogP contribution in [0.1, 0.15) is 11.1 Å². The van der Waals surface area contributed by atoms with E-state index in [1.165, 1.54) is 6.07 Å². The summed E-state index contributed by atoms with van der Waals surface area (Å²) in [6, 6.07) is 6.38. The molecule has 5 heteroatoms. The normalized spacial score (nSPS) is 10.6. The number of hydrogen-bond donors (Lipinski definition) is 1. The maximum absolute atomic E-state index is 11.9. The highest BCUT2D eigenvalue weighted by Crippen LogP contribution is 2.14. The number of carbonyl (C=O) groups is 1. The van der Waals surface area contributed by atoms with Gasteiger partial charge in [0.1, 0.15) is 0 Å². The monoisotopic (exact) mass is 227 g/mol. The smallest absolute Gasteiger partial charge is 0.344 e. The zero-order valence-corrected chi connectivity index (χ0v) is 8.14. The molecule has 16 heavy (non-hydrogen) atoms. The quantitative estimate of drug-likeness (QED) is 0.767. The molecule has 84 valence electrons. The molecule has 0 aliphatic rings. The highest BCUT2D eigenvalue weighted by molar-refractivity contribution is 5.81. The third-order valence-corrected chi connectivity index (χ3v) is 1.80. The van der Waals surface area contributed by atoms with Gasteiger partial charge in [0.05, 0.1) is 0 Å².